The molecule has 7 heteroatoms. The maximum atomic E-state index is 12.9. The second kappa shape index (κ2) is 9.64. The lowest BCUT2D eigenvalue weighted by Gasteiger charge is -2.37. The summed E-state index contributed by atoms with van der Waals surface area (Å²) in [5, 5.41) is 8.76. The van der Waals surface area contributed by atoms with Crippen LogP contribution in [0.15, 0.2) is 42.0 Å². The fourth-order valence-corrected chi connectivity index (χ4v) is 4.42. The van der Waals surface area contributed by atoms with Crippen molar-refractivity contribution in [3.05, 3.63) is 52.5 Å². The maximum absolute atomic E-state index is 12.9. The van der Waals surface area contributed by atoms with Gasteiger partial charge in [0.15, 0.2) is 0 Å². The summed E-state index contributed by atoms with van der Waals surface area (Å²) in [6.07, 6.45) is 3.68. The first-order valence-electron chi connectivity index (χ1n) is 9.12. The van der Waals surface area contributed by atoms with Crippen LogP contribution >= 0.6 is 23.7 Å². The van der Waals surface area contributed by atoms with Gasteiger partial charge in [-0.05, 0) is 28.5 Å². The number of thiophene rings is 1. The van der Waals surface area contributed by atoms with Crippen LogP contribution in [0.5, 0.6) is 0 Å². The van der Waals surface area contributed by atoms with E-state index < -0.39 is 0 Å². The number of pyridine rings is 1. The topological polar surface area (TPSA) is 57.3 Å². The van der Waals surface area contributed by atoms with Crippen molar-refractivity contribution in [1.82, 2.24) is 20.5 Å². The Hall–Kier alpha value is -1.47. The molecule has 3 rings (SSSR count). The molecule has 148 valence electrons. The molecule has 1 amide bonds. The van der Waals surface area contributed by atoms with Gasteiger partial charge in [-0.1, -0.05) is 32.9 Å². The molecule has 1 fully saturated rings. The Balaban J connectivity index is 0.00000261. The predicted octanol–water partition coefficient (Wildman–Crippen LogP) is 3.41. The van der Waals surface area contributed by atoms with Gasteiger partial charge in [0.2, 0.25) is 5.91 Å². The first kappa shape index (κ1) is 21.8. The third-order valence-corrected chi connectivity index (χ3v) is 5.71. The molecule has 27 heavy (non-hydrogen) atoms. The highest BCUT2D eigenvalue weighted by Gasteiger charge is 2.31. The number of nitrogens with zero attached hydrogens (tertiary/aromatic N) is 2. The molecule has 2 aromatic rings. The molecule has 0 aliphatic carbocycles. The van der Waals surface area contributed by atoms with Crippen molar-refractivity contribution in [2.45, 2.75) is 32.9 Å². The highest BCUT2D eigenvalue weighted by atomic mass is 35.5. The van der Waals surface area contributed by atoms with Crippen LogP contribution in [-0.2, 0) is 4.79 Å². The first-order chi connectivity index (χ1) is 12.4. The Morgan fingerprint density at radius 1 is 1.41 bits per heavy atom. The fourth-order valence-electron chi connectivity index (χ4n) is 3.40. The summed E-state index contributed by atoms with van der Waals surface area (Å²) in [6.45, 7) is 9.50. The molecule has 1 saturated heterocycles. The van der Waals surface area contributed by atoms with E-state index in [1.54, 1.807) is 17.5 Å². The number of nitrogens with one attached hydrogen (secondary N) is 2. The zero-order valence-electron chi connectivity index (χ0n) is 16.1. The third kappa shape index (κ3) is 5.75. The van der Waals surface area contributed by atoms with Gasteiger partial charge in [0.1, 0.15) is 0 Å². The molecule has 2 N–H and O–H groups in total. The number of aromatic nitrogens is 1. The van der Waals surface area contributed by atoms with Gasteiger partial charge in [-0.15, -0.1) is 23.7 Å². The lowest BCUT2D eigenvalue weighted by molar-refractivity contribution is -0.124. The van der Waals surface area contributed by atoms with E-state index >= 15 is 0 Å². The van der Waals surface area contributed by atoms with E-state index in [-0.39, 0.29) is 35.8 Å². The minimum absolute atomic E-state index is 0. The van der Waals surface area contributed by atoms with E-state index in [9.17, 15) is 4.79 Å². The van der Waals surface area contributed by atoms with Crippen LogP contribution in [0, 0.1) is 5.41 Å². The minimum atomic E-state index is -0.0350. The number of hydrogen-bond donors (Lipinski definition) is 2. The van der Waals surface area contributed by atoms with Gasteiger partial charge in [-0.25, -0.2) is 0 Å². The maximum Gasteiger partial charge on any atom is 0.234 e. The Kier molecular flexibility index (Phi) is 7.79. The highest BCUT2D eigenvalue weighted by Crippen LogP contribution is 2.35. The zero-order valence-corrected chi connectivity index (χ0v) is 17.8. The number of carbonyl (C=O) groups excluding carboxylic acids is 1. The summed E-state index contributed by atoms with van der Waals surface area (Å²) < 4.78 is 0. The summed E-state index contributed by atoms with van der Waals surface area (Å²) in [6, 6.07) is 8.38. The van der Waals surface area contributed by atoms with E-state index in [4.69, 9.17) is 0 Å². The molecule has 0 aromatic carbocycles. The second-order valence-electron chi connectivity index (χ2n) is 7.86. The Labute approximate surface area is 172 Å². The number of piperazine rings is 1. The fraction of sp³-hybridized carbons (Fsp3) is 0.500. The van der Waals surface area contributed by atoms with Gasteiger partial charge in [-0.2, -0.15) is 0 Å². The van der Waals surface area contributed by atoms with Crippen LogP contribution in [0.1, 0.15) is 43.3 Å². The second-order valence-corrected chi connectivity index (χ2v) is 8.84. The van der Waals surface area contributed by atoms with Gasteiger partial charge in [0.05, 0.1) is 12.6 Å². The lowest BCUT2D eigenvalue weighted by atomic mass is 9.85. The average Bonchev–Trinajstić information content (AvgIpc) is 3.14. The molecule has 2 atom stereocenters. The van der Waals surface area contributed by atoms with E-state index in [0.29, 0.717) is 6.54 Å². The predicted molar refractivity (Wildman–Crippen MR) is 113 cm³/mol. The minimum Gasteiger partial charge on any atom is -0.347 e. The normalized spacial score (nSPS) is 19.1. The monoisotopic (exact) mass is 408 g/mol. The van der Waals surface area contributed by atoms with Crippen LogP contribution in [0.4, 0.5) is 0 Å². The molecular formula is C20H29ClN4OS. The lowest BCUT2D eigenvalue weighted by Crippen LogP contribution is -2.50. The first-order valence-corrected chi connectivity index (χ1v) is 10.0. The molecule has 2 unspecified atom stereocenters. The van der Waals surface area contributed by atoms with Crippen molar-refractivity contribution in [2.24, 2.45) is 5.41 Å². The van der Waals surface area contributed by atoms with Gasteiger partial charge >= 0.3 is 0 Å². The van der Waals surface area contributed by atoms with Gasteiger partial charge in [0, 0.05) is 42.9 Å². The number of halogens is 1. The van der Waals surface area contributed by atoms with E-state index in [0.717, 1.165) is 25.2 Å². The van der Waals surface area contributed by atoms with Crippen molar-refractivity contribution in [3.63, 3.8) is 0 Å². The molecule has 0 bridgehead atoms. The Morgan fingerprint density at radius 2 is 2.22 bits per heavy atom. The van der Waals surface area contributed by atoms with E-state index in [1.807, 2.05) is 18.3 Å². The molecule has 0 spiro atoms. The molecule has 2 aromatic heterocycles. The average molecular weight is 409 g/mol. The van der Waals surface area contributed by atoms with E-state index in [2.05, 4.69) is 58.8 Å². The quantitative estimate of drug-likeness (QED) is 0.795. The largest absolute Gasteiger partial charge is 0.347 e. The molecular weight excluding hydrogens is 380 g/mol. The number of carbonyl (C=O) groups is 1. The summed E-state index contributed by atoms with van der Waals surface area (Å²) in [4.78, 5) is 20.5. The van der Waals surface area contributed by atoms with Gasteiger partial charge < -0.3 is 10.6 Å². The molecule has 0 radical (unpaired) electrons. The SMILES string of the molecule is CC(C)(C)C(NC(=O)CN1CCNCC1c1cccnc1)c1cccs1.Cl. The summed E-state index contributed by atoms with van der Waals surface area (Å²) in [5.41, 5.74) is 1.12. The molecule has 1 aliphatic rings. The van der Waals surface area contributed by atoms with Crippen molar-refractivity contribution < 1.29 is 4.79 Å². The van der Waals surface area contributed by atoms with Crippen LogP contribution in [0.2, 0.25) is 0 Å². The van der Waals surface area contributed by atoms with Crippen LogP contribution in [0.3, 0.4) is 0 Å². The summed E-state index contributed by atoms with van der Waals surface area (Å²) >= 11 is 1.70. The van der Waals surface area contributed by atoms with Crippen LogP contribution in [0.25, 0.3) is 0 Å². The van der Waals surface area contributed by atoms with Gasteiger partial charge in [0.25, 0.3) is 0 Å². The van der Waals surface area contributed by atoms with Crippen molar-refractivity contribution in [1.29, 1.82) is 0 Å². The van der Waals surface area contributed by atoms with Crippen molar-refractivity contribution in [2.75, 3.05) is 26.2 Å². The van der Waals surface area contributed by atoms with Gasteiger partial charge in [-0.3, -0.25) is 14.7 Å². The van der Waals surface area contributed by atoms with Crippen LogP contribution in [-0.4, -0.2) is 42.0 Å². The molecule has 3 heterocycles. The van der Waals surface area contributed by atoms with Crippen LogP contribution < -0.4 is 10.6 Å². The molecule has 5 nitrogen and oxygen atoms in total. The van der Waals surface area contributed by atoms with Crippen molar-refractivity contribution in [3.8, 4) is 0 Å². The Bertz CT molecular complexity index is 703. The summed E-state index contributed by atoms with van der Waals surface area (Å²) in [7, 11) is 0. The smallest absolute Gasteiger partial charge is 0.234 e. The number of rotatable bonds is 5. The highest BCUT2D eigenvalue weighted by molar-refractivity contribution is 7.10. The number of hydrogen-bond acceptors (Lipinski definition) is 5. The summed E-state index contributed by atoms with van der Waals surface area (Å²) in [5.74, 6) is 0.0779. The Morgan fingerprint density at radius 3 is 2.85 bits per heavy atom. The standard InChI is InChI=1S/C20H28N4OS.ClH/c1-20(2,3)19(17-7-5-11-26-17)23-18(25)14-24-10-9-22-13-16(24)15-6-4-8-21-12-15;/h4-8,11-12,16,19,22H,9-10,13-14H2,1-3H3,(H,23,25);1H. The zero-order chi connectivity index (χ0) is 18.6. The number of amides is 1. The van der Waals surface area contributed by atoms with E-state index in [1.165, 1.54) is 4.88 Å². The molecule has 0 saturated carbocycles. The van der Waals surface area contributed by atoms with Crippen molar-refractivity contribution >= 4 is 29.7 Å². The molecule has 1 aliphatic heterocycles. The third-order valence-electron chi connectivity index (χ3n) is 4.77.